The smallest absolute Gasteiger partial charge is 0.200 e. The van der Waals surface area contributed by atoms with E-state index in [9.17, 15) is 22.0 Å². The third-order valence-corrected chi connectivity index (χ3v) is 3.35. The van der Waals surface area contributed by atoms with Gasteiger partial charge < -0.3 is 4.84 Å². The molecule has 2 aromatic rings. The fourth-order valence-electron chi connectivity index (χ4n) is 2.21. The van der Waals surface area contributed by atoms with Crippen molar-refractivity contribution in [1.82, 2.24) is 0 Å². The van der Waals surface area contributed by atoms with E-state index in [-0.39, 0.29) is 0 Å². The molecule has 0 aromatic heterocycles. The van der Waals surface area contributed by atoms with Gasteiger partial charge in [-0.2, -0.15) is 0 Å². The number of hydrogen-bond donors (Lipinski definition) is 0. The summed E-state index contributed by atoms with van der Waals surface area (Å²) in [5.41, 5.74) is 2.04. The van der Waals surface area contributed by atoms with Crippen LogP contribution in [-0.2, 0) is 11.4 Å². The van der Waals surface area contributed by atoms with Crippen LogP contribution in [0.15, 0.2) is 23.4 Å². The van der Waals surface area contributed by atoms with Gasteiger partial charge in [-0.15, -0.1) is 0 Å². The molecule has 0 unspecified atom stereocenters. The van der Waals surface area contributed by atoms with Gasteiger partial charge in [0.2, 0.25) is 5.82 Å². The molecule has 0 radical (unpaired) electrons. The molecule has 0 bridgehead atoms. The van der Waals surface area contributed by atoms with Crippen LogP contribution in [0, 0.1) is 42.9 Å². The zero-order valence-corrected chi connectivity index (χ0v) is 13.2. The first kappa shape index (κ1) is 17.9. The highest BCUT2D eigenvalue weighted by molar-refractivity contribution is 5.98. The fourth-order valence-corrected chi connectivity index (χ4v) is 2.21. The Bertz CT molecular complexity index is 768. The molecule has 0 atom stereocenters. The van der Waals surface area contributed by atoms with Crippen molar-refractivity contribution < 1.29 is 26.8 Å². The topological polar surface area (TPSA) is 21.6 Å². The third-order valence-electron chi connectivity index (χ3n) is 3.35. The minimum Gasteiger partial charge on any atom is -0.390 e. The number of aryl methyl sites for hydroxylation is 2. The van der Waals surface area contributed by atoms with Crippen molar-refractivity contribution in [2.24, 2.45) is 5.16 Å². The van der Waals surface area contributed by atoms with Gasteiger partial charge in [0.05, 0.1) is 11.3 Å². The van der Waals surface area contributed by atoms with E-state index in [1.807, 2.05) is 32.0 Å². The molecule has 128 valence electrons. The molecule has 0 spiro atoms. The highest BCUT2D eigenvalue weighted by Gasteiger charge is 2.25. The summed E-state index contributed by atoms with van der Waals surface area (Å²) in [6, 6.07) is 5.60. The molecule has 0 aliphatic heterocycles. The van der Waals surface area contributed by atoms with Crippen molar-refractivity contribution >= 4 is 5.71 Å². The predicted molar refractivity (Wildman–Crippen MR) is 79.1 cm³/mol. The van der Waals surface area contributed by atoms with Crippen LogP contribution in [0.4, 0.5) is 22.0 Å². The van der Waals surface area contributed by atoms with Crippen LogP contribution >= 0.6 is 0 Å². The average Bonchev–Trinajstić information content (AvgIpc) is 2.53. The third kappa shape index (κ3) is 3.55. The van der Waals surface area contributed by atoms with Gasteiger partial charge >= 0.3 is 0 Å². The Hall–Kier alpha value is -2.44. The van der Waals surface area contributed by atoms with E-state index < -0.39 is 41.3 Å². The number of hydrogen-bond acceptors (Lipinski definition) is 2. The van der Waals surface area contributed by atoms with Crippen LogP contribution in [0.2, 0.25) is 0 Å². The summed E-state index contributed by atoms with van der Waals surface area (Å²) in [4.78, 5) is 4.78. The Balaban J connectivity index is 2.23. The second-order valence-corrected chi connectivity index (χ2v) is 5.37. The highest BCUT2D eigenvalue weighted by atomic mass is 19.2. The summed E-state index contributed by atoms with van der Waals surface area (Å²) in [6.07, 6.45) is 0. The lowest BCUT2D eigenvalue weighted by Gasteiger charge is -2.08. The minimum absolute atomic E-state index is 0.408. The van der Waals surface area contributed by atoms with Gasteiger partial charge in [0.15, 0.2) is 23.3 Å². The largest absolute Gasteiger partial charge is 0.390 e. The quantitative estimate of drug-likeness (QED) is 0.253. The lowest BCUT2D eigenvalue weighted by atomic mass is 10.0. The standard InChI is InChI=1S/C17H14F5NO/c1-8-4-9(2)6-11(5-8)10(3)23-24-7-12-13(18)15(20)17(22)16(21)14(12)19/h4-6H,7H2,1-3H3/b23-10+. The molecule has 2 aromatic carbocycles. The van der Waals surface area contributed by atoms with E-state index in [4.69, 9.17) is 4.84 Å². The number of nitrogens with zero attached hydrogens (tertiary/aromatic N) is 1. The van der Waals surface area contributed by atoms with Crippen LogP contribution in [-0.4, -0.2) is 5.71 Å². The van der Waals surface area contributed by atoms with Gasteiger partial charge in [-0.3, -0.25) is 0 Å². The fraction of sp³-hybridized carbons (Fsp3) is 0.235. The van der Waals surface area contributed by atoms with Crippen molar-refractivity contribution in [3.05, 3.63) is 69.5 Å². The number of oxime groups is 1. The molecule has 0 aliphatic carbocycles. The number of rotatable bonds is 4. The average molecular weight is 343 g/mol. The van der Waals surface area contributed by atoms with Gasteiger partial charge in [0.1, 0.15) is 6.61 Å². The van der Waals surface area contributed by atoms with Gasteiger partial charge in [-0.25, -0.2) is 22.0 Å². The molecule has 2 rings (SSSR count). The Morgan fingerprint density at radius 3 is 1.79 bits per heavy atom. The van der Waals surface area contributed by atoms with E-state index in [2.05, 4.69) is 5.16 Å². The summed E-state index contributed by atoms with van der Waals surface area (Å²) in [7, 11) is 0. The molecule has 0 fully saturated rings. The molecular weight excluding hydrogens is 329 g/mol. The highest BCUT2D eigenvalue weighted by Crippen LogP contribution is 2.23. The van der Waals surface area contributed by atoms with Crippen LogP contribution in [0.3, 0.4) is 0 Å². The lowest BCUT2D eigenvalue weighted by molar-refractivity contribution is 0.123. The Labute approximate surface area is 135 Å². The molecular formula is C17H14F5NO. The van der Waals surface area contributed by atoms with E-state index in [1.54, 1.807) is 6.92 Å². The van der Waals surface area contributed by atoms with Crippen molar-refractivity contribution in [3.8, 4) is 0 Å². The summed E-state index contributed by atoms with van der Waals surface area (Å²) in [5, 5.41) is 3.68. The minimum atomic E-state index is -2.20. The molecule has 24 heavy (non-hydrogen) atoms. The van der Waals surface area contributed by atoms with E-state index in [1.165, 1.54) is 0 Å². The maximum Gasteiger partial charge on any atom is 0.200 e. The molecule has 0 saturated heterocycles. The molecule has 0 saturated carbocycles. The van der Waals surface area contributed by atoms with Crippen molar-refractivity contribution in [2.45, 2.75) is 27.4 Å². The summed E-state index contributed by atoms with van der Waals surface area (Å²) >= 11 is 0. The summed E-state index contributed by atoms with van der Waals surface area (Å²) in [5.74, 6) is -10.1. The number of halogens is 5. The molecule has 0 aliphatic rings. The molecule has 0 heterocycles. The van der Waals surface area contributed by atoms with Crippen LogP contribution < -0.4 is 0 Å². The van der Waals surface area contributed by atoms with Crippen LogP contribution in [0.25, 0.3) is 0 Å². The van der Waals surface area contributed by atoms with E-state index in [0.29, 0.717) is 5.71 Å². The first-order valence-electron chi connectivity index (χ1n) is 6.98. The van der Waals surface area contributed by atoms with Crippen molar-refractivity contribution in [1.29, 1.82) is 0 Å². The normalized spacial score (nSPS) is 11.8. The van der Waals surface area contributed by atoms with Crippen LogP contribution in [0.5, 0.6) is 0 Å². The van der Waals surface area contributed by atoms with Gasteiger partial charge in [0, 0.05) is 0 Å². The SMILES string of the molecule is C/C(=N\OCc1c(F)c(F)c(F)c(F)c1F)c1cc(C)cc(C)c1. The maximum absolute atomic E-state index is 13.5. The molecule has 7 heteroatoms. The number of benzene rings is 2. The first-order chi connectivity index (χ1) is 11.2. The monoisotopic (exact) mass is 343 g/mol. The molecule has 2 nitrogen and oxygen atoms in total. The second kappa shape index (κ2) is 6.98. The van der Waals surface area contributed by atoms with Crippen molar-refractivity contribution in [2.75, 3.05) is 0 Å². The van der Waals surface area contributed by atoms with E-state index in [0.717, 1.165) is 16.7 Å². The molecule has 0 amide bonds. The predicted octanol–water partition coefficient (Wildman–Crippen LogP) is 4.94. The lowest BCUT2D eigenvalue weighted by Crippen LogP contribution is -2.08. The summed E-state index contributed by atoms with van der Waals surface area (Å²) in [6.45, 7) is 4.50. The molecule has 0 N–H and O–H groups in total. The summed E-state index contributed by atoms with van der Waals surface area (Å²) < 4.78 is 66.1. The Morgan fingerprint density at radius 2 is 1.29 bits per heavy atom. The van der Waals surface area contributed by atoms with Crippen LogP contribution in [0.1, 0.15) is 29.2 Å². The van der Waals surface area contributed by atoms with Gasteiger partial charge in [0.25, 0.3) is 0 Å². The Morgan fingerprint density at radius 1 is 0.833 bits per heavy atom. The first-order valence-corrected chi connectivity index (χ1v) is 6.98. The van der Waals surface area contributed by atoms with Gasteiger partial charge in [-0.05, 0) is 26.3 Å². The maximum atomic E-state index is 13.5. The zero-order chi connectivity index (χ0) is 18.0. The second-order valence-electron chi connectivity index (χ2n) is 5.37. The van der Waals surface area contributed by atoms with E-state index >= 15 is 0 Å². The Kier molecular flexibility index (Phi) is 5.21. The zero-order valence-electron chi connectivity index (χ0n) is 13.2. The van der Waals surface area contributed by atoms with Gasteiger partial charge in [-0.1, -0.05) is 34.5 Å². The van der Waals surface area contributed by atoms with Crippen molar-refractivity contribution in [3.63, 3.8) is 0 Å².